The highest BCUT2D eigenvalue weighted by Gasteiger charge is 2.26. The predicted octanol–water partition coefficient (Wildman–Crippen LogP) is 4.59. The normalized spacial score (nSPS) is 11.0. The molecule has 0 aromatic heterocycles. The molecule has 3 aromatic rings. The van der Waals surface area contributed by atoms with Crippen molar-refractivity contribution < 1.29 is 22.7 Å². The Kier molecular flexibility index (Phi) is 6.24. The number of sulfonamides is 1. The summed E-state index contributed by atoms with van der Waals surface area (Å²) in [6, 6.07) is 18.5. The van der Waals surface area contributed by atoms with Crippen molar-refractivity contribution in [2.75, 3.05) is 11.4 Å². The molecule has 6 nitrogen and oxygen atoms in total. The van der Waals surface area contributed by atoms with Crippen LogP contribution in [0.15, 0.2) is 77.7 Å². The number of para-hydroxylation sites is 1. The zero-order valence-electron chi connectivity index (χ0n) is 16.2. The fourth-order valence-electron chi connectivity index (χ4n) is 2.68. The first-order valence-corrected chi connectivity index (χ1v) is 10.7. The van der Waals surface area contributed by atoms with Gasteiger partial charge in [-0.05, 0) is 61.5 Å². The van der Waals surface area contributed by atoms with Gasteiger partial charge in [0.2, 0.25) is 0 Å². The lowest BCUT2D eigenvalue weighted by Crippen LogP contribution is -2.27. The fourth-order valence-corrected chi connectivity index (χ4v) is 4.37. The predicted molar refractivity (Wildman–Crippen MR) is 115 cm³/mol. The molecule has 0 saturated carbocycles. The van der Waals surface area contributed by atoms with Crippen LogP contribution in [0.3, 0.4) is 0 Å². The highest BCUT2D eigenvalue weighted by atomic mass is 35.5. The molecule has 0 aliphatic heterocycles. The summed E-state index contributed by atoms with van der Waals surface area (Å²) in [5.41, 5.74) is 0.959. The number of carbonyl (C=O) groups is 2. The Bertz CT molecular complexity index is 1190. The number of esters is 1. The molecule has 154 valence electrons. The molecule has 0 aliphatic rings. The van der Waals surface area contributed by atoms with Crippen LogP contribution in [-0.4, -0.2) is 27.2 Å². The van der Waals surface area contributed by atoms with Crippen LogP contribution in [0.4, 0.5) is 5.69 Å². The number of hydrogen-bond acceptors (Lipinski definition) is 5. The first-order chi connectivity index (χ1) is 14.2. The maximum Gasteiger partial charge on any atom is 0.343 e. The van der Waals surface area contributed by atoms with Gasteiger partial charge in [0.05, 0.1) is 16.3 Å². The molecule has 8 heteroatoms. The van der Waals surface area contributed by atoms with Gasteiger partial charge >= 0.3 is 5.97 Å². The summed E-state index contributed by atoms with van der Waals surface area (Å²) in [7, 11) is -2.61. The van der Waals surface area contributed by atoms with E-state index in [2.05, 4.69) is 0 Å². The Balaban J connectivity index is 1.89. The van der Waals surface area contributed by atoms with Crippen LogP contribution in [0, 0.1) is 0 Å². The third-order valence-corrected chi connectivity index (χ3v) is 6.66. The van der Waals surface area contributed by atoms with Gasteiger partial charge in [0, 0.05) is 12.6 Å². The van der Waals surface area contributed by atoms with Gasteiger partial charge in [-0.25, -0.2) is 13.2 Å². The van der Waals surface area contributed by atoms with Crippen molar-refractivity contribution >= 4 is 39.1 Å². The maximum atomic E-state index is 13.0. The Morgan fingerprint density at radius 2 is 1.50 bits per heavy atom. The zero-order chi connectivity index (χ0) is 21.9. The van der Waals surface area contributed by atoms with Crippen molar-refractivity contribution in [3.63, 3.8) is 0 Å². The summed E-state index contributed by atoms with van der Waals surface area (Å²) in [6.07, 6.45) is 0. The third-order valence-electron chi connectivity index (χ3n) is 4.40. The molecule has 0 amide bonds. The second-order valence-electron chi connectivity index (χ2n) is 6.42. The molecule has 0 N–H and O–H groups in total. The SMILES string of the molecule is CC(=O)c1ccc(OC(=O)c2ccc(Cl)c(S(=O)(=O)N(C)c3ccccc3)c2)cc1. The largest absolute Gasteiger partial charge is 0.423 e. The first kappa shape index (κ1) is 21.5. The first-order valence-electron chi connectivity index (χ1n) is 8.87. The van der Waals surface area contributed by atoms with E-state index in [1.54, 1.807) is 30.3 Å². The minimum atomic E-state index is -4.01. The van der Waals surface area contributed by atoms with Gasteiger partial charge in [-0.1, -0.05) is 29.8 Å². The number of carbonyl (C=O) groups excluding carboxylic acids is 2. The van der Waals surface area contributed by atoms with Gasteiger partial charge in [-0.3, -0.25) is 9.10 Å². The zero-order valence-corrected chi connectivity index (χ0v) is 17.8. The van der Waals surface area contributed by atoms with Crippen molar-refractivity contribution in [2.45, 2.75) is 11.8 Å². The Morgan fingerprint density at radius 3 is 2.10 bits per heavy atom. The van der Waals surface area contributed by atoms with Crippen LogP contribution in [0.5, 0.6) is 5.75 Å². The molecule has 0 fully saturated rings. The molecule has 0 saturated heterocycles. The van der Waals surface area contributed by atoms with Crippen molar-refractivity contribution in [2.24, 2.45) is 0 Å². The average Bonchev–Trinajstić information content (AvgIpc) is 2.74. The van der Waals surface area contributed by atoms with Crippen LogP contribution in [0.1, 0.15) is 27.6 Å². The second kappa shape index (κ2) is 8.69. The Morgan fingerprint density at radius 1 is 0.900 bits per heavy atom. The fraction of sp³-hybridized carbons (Fsp3) is 0.0909. The molecule has 3 rings (SSSR count). The summed E-state index contributed by atoms with van der Waals surface area (Å²) >= 11 is 6.13. The molecule has 3 aromatic carbocycles. The van der Waals surface area contributed by atoms with Crippen LogP contribution in [-0.2, 0) is 10.0 Å². The van der Waals surface area contributed by atoms with E-state index in [-0.39, 0.29) is 27.0 Å². The standard InChI is InChI=1S/C22H18ClNO5S/c1-15(25)16-8-11-19(12-9-16)29-22(26)17-10-13-20(23)21(14-17)30(27,28)24(2)18-6-4-3-5-7-18/h3-14H,1-2H3. The topological polar surface area (TPSA) is 80.8 Å². The van der Waals surface area contributed by atoms with Crippen LogP contribution in [0.2, 0.25) is 5.02 Å². The van der Waals surface area contributed by atoms with Gasteiger partial charge in [-0.15, -0.1) is 0 Å². The average molecular weight is 444 g/mol. The lowest BCUT2D eigenvalue weighted by Gasteiger charge is -2.20. The van der Waals surface area contributed by atoms with E-state index >= 15 is 0 Å². The number of anilines is 1. The number of ether oxygens (including phenoxy) is 1. The Hall–Kier alpha value is -3.16. The number of nitrogens with zero attached hydrogens (tertiary/aromatic N) is 1. The van der Waals surface area contributed by atoms with Crippen molar-refractivity contribution in [3.8, 4) is 5.75 Å². The van der Waals surface area contributed by atoms with E-state index < -0.39 is 16.0 Å². The monoisotopic (exact) mass is 443 g/mol. The van der Waals surface area contributed by atoms with E-state index in [1.807, 2.05) is 0 Å². The molecule has 0 radical (unpaired) electrons. The minimum Gasteiger partial charge on any atom is -0.423 e. The molecule has 0 bridgehead atoms. The molecule has 0 aliphatic carbocycles. The van der Waals surface area contributed by atoms with Crippen molar-refractivity contribution in [1.82, 2.24) is 0 Å². The van der Waals surface area contributed by atoms with Crippen LogP contribution < -0.4 is 9.04 Å². The van der Waals surface area contributed by atoms with Gasteiger partial charge in [0.25, 0.3) is 10.0 Å². The summed E-state index contributed by atoms with van der Waals surface area (Å²) in [5.74, 6) is -0.630. The molecule has 0 atom stereocenters. The molecular formula is C22H18ClNO5S. The second-order valence-corrected chi connectivity index (χ2v) is 8.77. The summed E-state index contributed by atoms with van der Waals surface area (Å²) in [5, 5.41) is -0.0138. The number of ketones is 1. The van der Waals surface area contributed by atoms with E-state index in [0.717, 1.165) is 4.31 Å². The van der Waals surface area contributed by atoms with E-state index in [4.69, 9.17) is 16.3 Å². The van der Waals surface area contributed by atoms with Gasteiger partial charge in [-0.2, -0.15) is 0 Å². The van der Waals surface area contributed by atoms with Gasteiger partial charge in [0.15, 0.2) is 5.78 Å². The third kappa shape index (κ3) is 4.53. The van der Waals surface area contributed by atoms with Gasteiger partial charge in [0.1, 0.15) is 10.6 Å². The van der Waals surface area contributed by atoms with Crippen molar-refractivity contribution in [3.05, 3.63) is 88.9 Å². The molecule has 0 spiro atoms. The lowest BCUT2D eigenvalue weighted by atomic mass is 10.1. The molecule has 0 heterocycles. The van der Waals surface area contributed by atoms with Crippen LogP contribution in [0.25, 0.3) is 0 Å². The summed E-state index contributed by atoms with van der Waals surface area (Å²) in [6.45, 7) is 1.43. The van der Waals surface area contributed by atoms with Crippen LogP contribution >= 0.6 is 11.6 Å². The lowest BCUT2D eigenvalue weighted by molar-refractivity contribution is 0.0734. The highest BCUT2D eigenvalue weighted by Crippen LogP contribution is 2.28. The number of rotatable bonds is 6. The Labute approximate surface area is 179 Å². The minimum absolute atomic E-state index is 0.0138. The summed E-state index contributed by atoms with van der Waals surface area (Å²) < 4.78 is 32.5. The summed E-state index contributed by atoms with van der Waals surface area (Å²) in [4.78, 5) is 23.7. The van der Waals surface area contributed by atoms with Gasteiger partial charge < -0.3 is 4.74 Å². The van der Waals surface area contributed by atoms with E-state index in [1.165, 1.54) is 56.4 Å². The molecule has 30 heavy (non-hydrogen) atoms. The smallest absolute Gasteiger partial charge is 0.343 e. The number of Topliss-reactive ketones (excluding diaryl/α,β-unsaturated/α-hetero) is 1. The number of benzene rings is 3. The van der Waals surface area contributed by atoms with Crippen molar-refractivity contribution in [1.29, 1.82) is 0 Å². The van der Waals surface area contributed by atoms with E-state index in [0.29, 0.717) is 11.3 Å². The number of halogens is 1. The molecular weight excluding hydrogens is 426 g/mol. The highest BCUT2D eigenvalue weighted by molar-refractivity contribution is 7.93. The van der Waals surface area contributed by atoms with E-state index in [9.17, 15) is 18.0 Å². The number of hydrogen-bond donors (Lipinski definition) is 0. The molecule has 0 unspecified atom stereocenters. The quantitative estimate of drug-likeness (QED) is 0.316. The maximum absolute atomic E-state index is 13.0.